The third-order valence-electron chi connectivity index (χ3n) is 5.09. The molecule has 0 amide bonds. The number of aromatic nitrogens is 2. The summed E-state index contributed by atoms with van der Waals surface area (Å²) in [5, 5.41) is 0.138. The molecule has 1 aliphatic carbocycles. The summed E-state index contributed by atoms with van der Waals surface area (Å²) >= 11 is 0. The lowest BCUT2D eigenvalue weighted by molar-refractivity contribution is 0.146. The zero-order chi connectivity index (χ0) is 17.9. The van der Waals surface area contributed by atoms with E-state index in [2.05, 4.69) is 0 Å². The summed E-state index contributed by atoms with van der Waals surface area (Å²) in [7, 11) is 1.61. The fraction of sp³-hybridized carbons (Fsp3) is 0.471. The second-order valence-corrected chi connectivity index (χ2v) is 6.70. The molecule has 1 radical (unpaired) electrons. The molecule has 25 heavy (non-hydrogen) atoms. The molecule has 8 heteroatoms. The molecular formula is C17H20FN4O3. The minimum Gasteiger partial charge on any atom is -0.379 e. The van der Waals surface area contributed by atoms with Crippen molar-refractivity contribution in [1.29, 1.82) is 0 Å². The van der Waals surface area contributed by atoms with E-state index < -0.39 is 17.1 Å². The summed E-state index contributed by atoms with van der Waals surface area (Å²) < 4.78 is 22.3. The summed E-state index contributed by atoms with van der Waals surface area (Å²) in [5.74, 6) is 5.13. The van der Waals surface area contributed by atoms with Crippen LogP contribution in [0.25, 0.3) is 10.9 Å². The first-order valence-electron chi connectivity index (χ1n) is 8.30. The quantitative estimate of drug-likeness (QED) is 0.827. The van der Waals surface area contributed by atoms with Crippen LogP contribution >= 0.6 is 0 Å². The minimum atomic E-state index is -0.673. The number of methoxy groups -OCH3 is 1. The minimum absolute atomic E-state index is 0.0132. The van der Waals surface area contributed by atoms with E-state index >= 15 is 0 Å². The smallest absolute Gasteiger partial charge is 0.350 e. The van der Waals surface area contributed by atoms with Crippen LogP contribution in [0.4, 0.5) is 10.1 Å². The van der Waals surface area contributed by atoms with E-state index in [9.17, 15) is 14.0 Å². The number of hydrogen-bond donors (Lipinski definition) is 1. The Morgan fingerprint density at radius 1 is 1.32 bits per heavy atom. The van der Waals surface area contributed by atoms with Crippen LogP contribution in [0.3, 0.4) is 0 Å². The molecule has 2 heterocycles. The van der Waals surface area contributed by atoms with Crippen LogP contribution < -0.4 is 22.0 Å². The molecule has 1 unspecified atom stereocenters. The maximum absolute atomic E-state index is 14.9. The Morgan fingerprint density at radius 2 is 2.04 bits per heavy atom. The number of hydrogen-bond acceptors (Lipinski definition) is 5. The molecular weight excluding hydrogens is 327 g/mol. The predicted molar refractivity (Wildman–Crippen MR) is 92.9 cm³/mol. The molecule has 0 spiro atoms. The van der Waals surface area contributed by atoms with Gasteiger partial charge in [0.15, 0.2) is 0 Å². The first-order chi connectivity index (χ1) is 11.9. The van der Waals surface area contributed by atoms with Gasteiger partial charge >= 0.3 is 5.69 Å². The third-order valence-corrected chi connectivity index (χ3v) is 5.09. The van der Waals surface area contributed by atoms with Crippen LogP contribution in [0.1, 0.15) is 24.4 Å². The molecule has 1 atom stereocenters. The van der Waals surface area contributed by atoms with Gasteiger partial charge in [-0.15, -0.1) is 0 Å². The van der Waals surface area contributed by atoms with Crippen molar-refractivity contribution in [3.63, 3.8) is 0 Å². The van der Waals surface area contributed by atoms with Gasteiger partial charge in [-0.25, -0.2) is 9.18 Å². The Bertz CT molecular complexity index is 977. The molecule has 1 aliphatic heterocycles. The number of nitrogens with two attached hydrogens (primary N) is 1. The van der Waals surface area contributed by atoms with Gasteiger partial charge in [-0.3, -0.25) is 9.36 Å². The number of nitrogen functional groups attached to an aromatic ring is 1. The highest BCUT2D eigenvalue weighted by atomic mass is 19.1. The second-order valence-electron chi connectivity index (χ2n) is 6.70. The van der Waals surface area contributed by atoms with Crippen molar-refractivity contribution in [3.8, 4) is 0 Å². The number of fused-ring (bicyclic) bond motifs is 1. The number of benzene rings is 1. The summed E-state index contributed by atoms with van der Waals surface area (Å²) in [4.78, 5) is 26.8. The van der Waals surface area contributed by atoms with E-state index in [0.717, 1.165) is 12.8 Å². The van der Waals surface area contributed by atoms with E-state index in [1.54, 1.807) is 18.6 Å². The Morgan fingerprint density at radius 3 is 2.64 bits per heavy atom. The highest BCUT2D eigenvalue weighted by molar-refractivity contribution is 5.87. The molecule has 1 saturated heterocycles. The van der Waals surface area contributed by atoms with Gasteiger partial charge in [-0.1, -0.05) is 0 Å². The number of anilines is 1. The van der Waals surface area contributed by atoms with Crippen LogP contribution in [0.2, 0.25) is 0 Å². The van der Waals surface area contributed by atoms with Gasteiger partial charge in [0.05, 0.1) is 22.7 Å². The first kappa shape index (κ1) is 16.1. The molecule has 133 valence electrons. The van der Waals surface area contributed by atoms with Gasteiger partial charge in [-0.05, 0) is 25.8 Å². The van der Waals surface area contributed by atoms with Gasteiger partial charge in [0.1, 0.15) is 5.82 Å². The lowest BCUT2D eigenvalue weighted by Gasteiger charge is -2.24. The number of aryl methyl sites for hydroxylation is 1. The standard InChI is InChI=1S/C17H20FN4O3/c1-9-14-12(16(23)22(19)17(24)21(14)10-3-4-10)7-13(18)15(9)20-6-5-11(8-20)25-2/h5,7,10-11H,3-4,6,8,19H2,1-2H3. The Kier molecular flexibility index (Phi) is 3.61. The molecule has 1 saturated carbocycles. The predicted octanol–water partition coefficient (Wildman–Crippen LogP) is 0.699. The number of rotatable bonds is 3. The van der Waals surface area contributed by atoms with Gasteiger partial charge in [0.2, 0.25) is 0 Å². The first-order valence-corrected chi connectivity index (χ1v) is 8.30. The zero-order valence-corrected chi connectivity index (χ0v) is 14.2. The van der Waals surface area contributed by atoms with Crippen LogP contribution in [0.15, 0.2) is 15.7 Å². The SMILES string of the molecule is COC1[CH]CN(c2c(F)cc3c(=O)n(N)c(=O)n(C4CC4)c3c2C)C1. The lowest BCUT2D eigenvalue weighted by atomic mass is 10.1. The molecule has 7 nitrogen and oxygen atoms in total. The van der Waals surface area contributed by atoms with Gasteiger partial charge in [0, 0.05) is 38.2 Å². The van der Waals surface area contributed by atoms with Gasteiger partial charge in [0.25, 0.3) is 5.56 Å². The average Bonchev–Trinajstić information content (AvgIpc) is 3.31. The number of nitrogens with zero attached hydrogens (tertiary/aromatic N) is 3. The van der Waals surface area contributed by atoms with Crippen LogP contribution in [-0.2, 0) is 4.74 Å². The van der Waals surface area contributed by atoms with Crippen molar-refractivity contribution in [2.75, 3.05) is 30.9 Å². The monoisotopic (exact) mass is 347 g/mol. The summed E-state index contributed by atoms with van der Waals surface area (Å²) in [6.45, 7) is 2.82. The van der Waals surface area contributed by atoms with Crippen LogP contribution in [-0.4, -0.2) is 35.5 Å². The molecule has 2 N–H and O–H groups in total. The summed E-state index contributed by atoms with van der Waals surface area (Å²) in [6.07, 6.45) is 3.59. The van der Waals surface area contributed by atoms with Crippen molar-refractivity contribution in [3.05, 3.63) is 44.7 Å². The summed E-state index contributed by atoms with van der Waals surface area (Å²) in [5.41, 5.74) is 0.251. The fourth-order valence-electron chi connectivity index (χ4n) is 3.68. The maximum atomic E-state index is 14.9. The van der Waals surface area contributed by atoms with E-state index in [1.165, 1.54) is 6.07 Å². The third kappa shape index (κ3) is 2.35. The topological polar surface area (TPSA) is 82.5 Å². The zero-order valence-electron chi connectivity index (χ0n) is 14.2. The van der Waals surface area contributed by atoms with Crippen molar-refractivity contribution < 1.29 is 9.13 Å². The van der Waals surface area contributed by atoms with E-state index in [0.29, 0.717) is 34.5 Å². The van der Waals surface area contributed by atoms with Crippen molar-refractivity contribution in [2.24, 2.45) is 0 Å². The molecule has 1 aromatic heterocycles. The highest BCUT2D eigenvalue weighted by Gasteiger charge is 2.32. The van der Waals surface area contributed by atoms with E-state index in [1.807, 2.05) is 11.3 Å². The van der Waals surface area contributed by atoms with Crippen molar-refractivity contribution in [2.45, 2.75) is 31.9 Å². The van der Waals surface area contributed by atoms with Crippen molar-refractivity contribution >= 4 is 16.6 Å². The summed E-state index contributed by atoms with van der Waals surface area (Å²) in [6, 6.07) is 1.21. The average molecular weight is 347 g/mol. The number of halogens is 1. The fourth-order valence-corrected chi connectivity index (χ4v) is 3.68. The Hall–Kier alpha value is -2.35. The van der Waals surface area contributed by atoms with Crippen molar-refractivity contribution in [1.82, 2.24) is 9.24 Å². The van der Waals surface area contributed by atoms with Crippen LogP contribution in [0, 0.1) is 19.2 Å². The van der Waals surface area contributed by atoms with Gasteiger partial charge < -0.3 is 15.5 Å². The van der Waals surface area contributed by atoms with E-state index in [-0.39, 0.29) is 17.5 Å². The molecule has 2 aliphatic rings. The van der Waals surface area contributed by atoms with Gasteiger partial charge in [-0.2, -0.15) is 4.68 Å². The lowest BCUT2D eigenvalue weighted by Crippen LogP contribution is -2.44. The van der Waals surface area contributed by atoms with Crippen LogP contribution in [0.5, 0.6) is 0 Å². The molecule has 2 fully saturated rings. The molecule has 1 aromatic carbocycles. The molecule has 0 bridgehead atoms. The van der Waals surface area contributed by atoms with E-state index in [4.69, 9.17) is 10.6 Å². The number of ether oxygens (including phenoxy) is 1. The molecule has 4 rings (SSSR count). The second kappa shape index (κ2) is 5.59. The largest absolute Gasteiger partial charge is 0.379 e. The highest BCUT2D eigenvalue weighted by Crippen LogP contribution is 2.38. The molecule has 2 aromatic rings. The normalized spacial score (nSPS) is 20.6. The Labute approximate surface area is 143 Å². The maximum Gasteiger partial charge on any atom is 0.350 e. The Balaban J connectivity index is 2.01.